The second-order valence-corrected chi connectivity index (χ2v) is 6.23. The highest BCUT2D eigenvalue weighted by Gasteiger charge is 2.19. The highest BCUT2D eigenvalue weighted by molar-refractivity contribution is 7.13. The number of aromatic nitrogens is 1. The van der Waals surface area contributed by atoms with E-state index in [0.29, 0.717) is 16.2 Å². The standard InChI is InChI=1S/C17H11NO6S/c1-7-3-10(19)14-12(23-7)5-11-8(15(14)22-2)4-9(17(21)24-11)16-18-13(20)6-25-16/h3-6,20H,1-2H3. The summed E-state index contributed by atoms with van der Waals surface area (Å²) in [7, 11) is 1.42. The molecule has 1 aromatic carbocycles. The van der Waals surface area contributed by atoms with Crippen molar-refractivity contribution in [2.75, 3.05) is 7.11 Å². The Kier molecular flexibility index (Phi) is 3.36. The molecule has 0 saturated carbocycles. The van der Waals surface area contributed by atoms with Crippen molar-refractivity contribution >= 4 is 33.3 Å². The minimum atomic E-state index is -0.613. The van der Waals surface area contributed by atoms with Crippen LogP contribution in [-0.4, -0.2) is 17.2 Å². The third-order valence-electron chi connectivity index (χ3n) is 3.74. The summed E-state index contributed by atoms with van der Waals surface area (Å²) >= 11 is 1.11. The highest BCUT2D eigenvalue weighted by atomic mass is 32.1. The molecule has 0 bridgehead atoms. The van der Waals surface area contributed by atoms with E-state index in [9.17, 15) is 14.7 Å². The van der Waals surface area contributed by atoms with Gasteiger partial charge in [0.25, 0.3) is 0 Å². The summed E-state index contributed by atoms with van der Waals surface area (Å²) in [5.41, 5.74) is -0.188. The van der Waals surface area contributed by atoms with Crippen LogP contribution in [0.4, 0.5) is 0 Å². The molecule has 25 heavy (non-hydrogen) atoms. The molecule has 0 aliphatic carbocycles. The van der Waals surface area contributed by atoms with Gasteiger partial charge in [0, 0.05) is 12.1 Å². The zero-order valence-electron chi connectivity index (χ0n) is 13.2. The molecule has 0 aliphatic rings. The Morgan fingerprint density at radius 1 is 1.16 bits per heavy atom. The number of aromatic hydroxyl groups is 1. The number of methoxy groups -OCH3 is 1. The molecule has 0 aliphatic heterocycles. The molecule has 3 aromatic heterocycles. The van der Waals surface area contributed by atoms with Crippen LogP contribution in [0.15, 0.2) is 42.0 Å². The second kappa shape index (κ2) is 5.45. The van der Waals surface area contributed by atoms with Crippen LogP contribution in [0.1, 0.15) is 5.76 Å². The van der Waals surface area contributed by atoms with Crippen molar-refractivity contribution in [3.05, 3.63) is 50.0 Å². The fraction of sp³-hybridized carbons (Fsp3) is 0.118. The lowest BCUT2D eigenvalue weighted by Crippen LogP contribution is -2.06. The van der Waals surface area contributed by atoms with Gasteiger partial charge in [0.15, 0.2) is 5.43 Å². The van der Waals surface area contributed by atoms with E-state index in [1.54, 1.807) is 6.92 Å². The van der Waals surface area contributed by atoms with Gasteiger partial charge in [-0.05, 0) is 13.0 Å². The van der Waals surface area contributed by atoms with Crippen LogP contribution < -0.4 is 15.8 Å². The molecule has 3 heterocycles. The molecule has 0 unspecified atom stereocenters. The maximum absolute atomic E-state index is 12.4. The highest BCUT2D eigenvalue weighted by Crippen LogP contribution is 2.35. The summed E-state index contributed by atoms with van der Waals surface area (Å²) in [6, 6.07) is 4.40. The van der Waals surface area contributed by atoms with Crippen LogP contribution in [0.3, 0.4) is 0 Å². The van der Waals surface area contributed by atoms with E-state index in [2.05, 4.69) is 4.98 Å². The van der Waals surface area contributed by atoms with Crippen molar-refractivity contribution < 1.29 is 18.7 Å². The van der Waals surface area contributed by atoms with Crippen LogP contribution in [0, 0.1) is 6.92 Å². The van der Waals surface area contributed by atoms with Crippen LogP contribution >= 0.6 is 11.3 Å². The number of ether oxygens (including phenoxy) is 1. The maximum Gasteiger partial charge on any atom is 0.346 e. The largest absolute Gasteiger partial charge is 0.495 e. The fourth-order valence-corrected chi connectivity index (χ4v) is 3.42. The van der Waals surface area contributed by atoms with Crippen molar-refractivity contribution in [3.63, 3.8) is 0 Å². The number of hydrogen-bond donors (Lipinski definition) is 1. The van der Waals surface area contributed by atoms with Crippen LogP contribution in [0.25, 0.3) is 32.5 Å². The monoisotopic (exact) mass is 357 g/mol. The topological polar surface area (TPSA) is 103 Å². The summed E-state index contributed by atoms with van der Waals surface area (Å²) in [4.78, 5) is 28.6. The number of hydrogen-bond acceptors (Lipinski definition) is 8. The van der Waals surface area contributed by atoms with Gasteiger partial charge in [-0.25, -0.2) is 9.78 Å². The fourth-order valence-electron chi connectivity index (χ4n) is 2.73. The molecule has 0 atom stereocenters. The summed E-state index contributed by atoms with van der Waals surface area (Å²) in [6.45, 7) is 1.66. The Morgan fingerprint density at radius 2 is 1.96 bits per heavy atom. The normalized spacial score (nSPS) is 11.3. The molecule has 0 radical (unpaired) electrons. The van der Waals surface area contributed by atoms with E-state index in [1.807, 2.05) is 0 Å². The molecule has 126 valence electrons. The lowest BCUT2D eigenvalue weighted by atomic mass is 10.1. The molecule has 0 amide bonds. The van der Waals surface area contributed by atoms with E-state index in [0.717, 1.165) is 11.3 Å². The number of benzene rings is 1. The molecule has 8 heteroatoms. The van der Waals surface area contributed by atoms with Crippen LogP contribution in [-0.2, 0) is 0 Å². The molecular weight excluding hydrogens is 346 g/mol. The molecular formula is C17H11NO6S. The zero-order chi connectivity index (χ0) is 17.7. The number of rotatable bonds is 2. The molecule has 4 aromatic rings. The summed E-state index contributed by atoms with van der Waals surface area (Å²) in [5.74, 6) is 0.518. The van der Waals surface area contributed by atoms with Crippen molar-refractivity contribution in [3.8, 4) is 22.2 Å². The van der Waals surface area contributed by atoms with Gasteiger partial charge in [-0.15, -0.1) is 11.3 Å². The van der Waals surface area contributed by atoms with E-state index >= 15 is 0 Å². The first-order chi connectivity index (χ1) is 12.0. The van der Waals surface area contributed by atoms with Gasteiger partial charge < -0.3 is 18.7 Å². The number of aryl methyl sites for hydroxylation is 1. The van der Waals surface area contributed by atoms with Crippen molar-refractivity contribution in [2.45, 2.75) is 6.92 Å². The Balaban J connectivity index is 2.16. The predicted molar refractivity (Wildman–Crippen MR) is 92.6 cm³/mol. The minimum Gasteiger partial charge on any atom is -0.495 e. The summed E-state index contributed by atoms with van der Waals surface area (Å²) < 4.78 is 16.3. The van der Waals surface area contributed by atoms with Crippen LogP contribution in [0.5, 0.6) is 11.6 Å². The molecule has 4 rings (SSSR count). The Labute approximate surface area is 143 Å². The maximum atomic E-state index is 12.4. The Morgan fingerprint density at radius 3 is 2.64 bits per heavy atom. The van der Waals surface area contributed by atoms with E-state index in [1.165, 1.54) is 30.7 Å². The van der Waals surface area contributed by atoms with E-state index < -0.39 is 5.63 Å². The molecule has 0 fully saturated rings. The van der Waals surface area contributed by atoms with Crippen molar-refractivity contribution in [2.24, 2.45) is 0 Å². The first-order valence-electron chi connectivity index (χ1n) is 7.22. The average Bonchev–Trinajstić information content (AvgIpc) is 2.98. The summed E-state index contributed by atoms with van der Waals surface area (Å²) in [6.07, 6.45) is 0. The number of fused-ring (bicyclic) bond motifs is 2. The van der Waals surface area contributed by atoms with Crippen molar-refractivity contribution in [1.29, 1.82) is 0 Å². The third-order valence-corrected chi connectivity index (χ3v) is 4.60. The first kappa shape index (κ1) is 15.4. The van der Waals surface area contributed by atoms with Crippen LogP contribution in [0.2, 0.25) is 0 Å². The summed E-state index contributed by atoms with van der Waals surface area (Å²) in [5, 5.41) is 11.8. The van der Waals surface area contributed by atoms with E-state index in [4.69, 9.17) is 13.6 Å². The van der Waals surface area contributed by atoms with Gasteiger partial charge in [-0.3, -0.25) is 4.79 Å². The molecule has 1 N–H and O–H groups in total. The molecule has 7 nitrogen and oxygen atoms in total. The zero-order valence-corrected chi connectivity index (χ0v) is 14.0. The Hall–Kier alpha value is -3.13. The van der Waals surface area contributed by atoms with Gasteiger partial charge in [-0.2, -0.15) is 0 Å². The minimum absolute atomic E-state index is 0.173. The lowest BCUT2D eigenvalue weighted by molar-refractivity contribution is 0.422. The van der Waals surface area contributed by atoms with Gasteiger partial charge in [0.1, 0.15) is 33.1 Å². The van der Waals surface area contributed by atoms with Gasteiger partial charge in [0.05, 0.1) is 23.4 Å². The van der Waals surface area contributed by atoms with Gasteiger partial charge >= 0.3 is 5.63 Å². The molecule has 0 spiro atoms. The van der Waals surface area contributed by atoms with Crippen molar-refractivity contribution in [1.82, 2.24) is 4.98 Å². The predicted octanol–water partition coefficient (Wildman–Crippen LogP) is 3.05. The first-order valence-corrected chi connectivity index (χ1v) is 8.10. The number of nitrogens with zero attached hydrogens (tertiary/aromatic N) is 1. The quantitative estimate of drug-likeness (QED) is 0.434. The average molecular weight is 357 g/mol. The second-order valence-electron chi connectivity index (χ2n) is 5.37. The number of thiazole rings is 1. The van der Waals surface area contributed by atoms with E-state index in [-0.39, 0.29) is 39.2 Å². The SMILES string of the molecule is COc1c2cc(-c3nc(O)cs3)c(=O)oc2cc2oc(C)cc(=O)c12. The lowest BCUT2D eigenvalue weighted by Gasteiger charge is -2.09. The smallest absolute Gasteiger partial charge is 0.346 e. The molecule has 0 saturated heterocycles. The Bertz CT molecular complexity index is 1250. The van der Waals surface area contributed by atoms with Gasteiger partial charge in [0.2, 0.25) is 5.88 Å². The van der Waals surface area contributed by atoms with Gasteiger partial charge in [-0.1, -0.05) is 0 Å². The third kappa shape index (κ3) is 2.38.